The number of carbonyl (C=O) groups excluding carboxylic acids is 1. The summed E-state index contributed by atoms with van der Waals surface area (Å²) in [5.41, 5.74) is 0. The predicted molar refractivity (Wildman–Crippen MR) is 350 cm³/mol. The van der Waals surface area contributed by atoms with Crippen molar-refractivity contribution in [3.05, 3.63) is 97.2 Å². The van der Waals surface area contributed by atoms with Gasteiger partial charge in [0.25, 0.3) is 0 Å². The van der Waals surface area contributed by atoms with Crippen LogP contribution in [0.5, 0.6) is 0 Å². The average molecular weight is 1210 g/mol. The zero-order chi connectivity index (χ0) is 62.3. The van der Waals surface area contributed by atoms with Crippen LogP contribution >= 0.6 is 0 Å². The lowest BCUT2D eigenvalue weighted by atomic mass is 9.97. The molecule has 0 aromatic carbocycles. The van der Waals surface area contributed by atoms with Gasteiger partial charge in [-0.1, -0.05) is 259 Å². The third-order valence-electron chi connectivity index (χ3n) is 16.2. The number of aliphatic hydroxyl groups excluding tert-OH is 8. The van der Waals surface area contributed by atoms with E-state index in [0.717, 1.165) is 77.0 Å². The molecule has 0 saturated carbocycles. The summed E-state index contributed by atoms with van der Waals surface area (Å²) in [7, 11) is 0. The zero-order valence-corrected chi connectivity index (χ0v) is 53.8. The van der Waals surface area contributed by atoms with E-state index in [9.17, 15) is 45.6 Å². The molecule has 0 aliphatic carbocycles. The number of rotatable bonds is 55. The first-order valence-electron chi connectivity index (χ1n) is 34.5. The lowest BCUT2D eigenvalue weighted by Crippen LogP contribution is -2.65. The van der Waals surface area contributed by atoms with E-state index in [1.165, 1.54) is 148 Å². The second-order valence-electron chi connectivity index (χ2n) is 23.9. The Balaban J connectivity index is 1.61. The molecule has 2 rings (SSSR count). The van der Waals surface area contributed by atoms with E-state index in [-0.39, 0.29) is 18.9 Å². The van der Waals surface area contributed by atoms with E-state index in [0.29, 0.717) is 12.8 Å². The molecule has 1 amide bonds. The smallest absolute Gasteiger partial charge is 0.220 e. The number of nitrogens with one attached hydrogen (secondary N) is 1. The number of amides is 1. The Morgan fingerprint density at radius 1 is 0.430 bits per heavy atom. The van der Waals surface area contributed by atoms with Crippen LogP contribution in [0, 0.1) is 0 Å². The molecule has 86 heavy (non-hydrogen) atoms. The molecular weight excluding hydrogens is 1090 g/mol. The highest BCUT2D eigenvalue weighted by Gasteiger charge is 2.51. The zero-order valence-electron chi connectivity index (χ0n) is 53.8. The third-order valence-corrected chi connectivity index (χ3v) is 16.2. The fraction of sp³-hybridized carbons (Fsp3) is 0.764. The van der Waals surface area contributed by atoms with Gasteiger partial charge in [0.2, 0.25) is 5.91 Å². The van der Waals surface area contributed by atoms with Gasteiger partial charge in [0.1, 0.15) is 48.8 Å². The minimum Gasteiger partial charge on any atom is -0.394 e. The van der Waals surface area contributed by atoms with Gasteiger partial charge in [-0.15, -0.1) is 0 Å². The summed E-state index contributed by atoms with van der Waals surface area (Å²) in [6.07, 6.45) is 61.9. The predicted octanol–water partition coefficient (Wildman–Crippen LogP) is 13.8. The molecule has 0 aromatic rings. The molecule has 0 aromatic heterocycles. The van der Waals surface area contributed by atoms with Crippen LogP contribution < -0.4 is 5.32 Å². The number of hydrogen-bond donors (Lipinski definition) is 9. The molecule has 496 valence electrons. The second-order valence-corrected chi connectivity index (χ2v) is 23.9. The maximum atomic E-state index is 13.3. The fourth-order valence-corrected chi connectivity index (χ4v) is 10.8. The summed E-state index contributed by atoms with van der Waals surface area (Å²) < 4.78 is 22.8. The molecule has 14 nitrogen and oxygen atoms in total. The van der Waals surface area contributed by atoms with Gasteiger partial charge in [-0.25, -0.2) is 0 Å². The first-order chi connectivity index (χ1) is 42.1. The monoisotopic (exact) mass is 1210 g/mol. The molecule has 12 atom stereocenters. The average Bonchev–Trinajstić information content (AvgIpc) is 1.83. The summed E-state index contributed by atoms with van der Waals surface area (Å²) in [4.78, 5) is 13.3. The van der Waals surface area contributed by atoms with Crippen LogP contribution in [0.3, 0.4) is 0 Å². The molecule has 12 unspecified atom stereocenters. The minimum absolute atomic E-state index is 0.253. The quantitative estimate of drug-likeness (QED) is 0.0204. The maximum absolute atomic E-state index is 13.3. The van der Waals surface area contributed by atoms with Crippen LogP contribution in [0.4, 0.5) is 0 Å². The van der Waals surface area contributed by atoms with Crippen molar-refractivity contribution in [2.75, 3.05) is 19.8 Å². The highest BCUT2D eigenvalue weighted by atomic mass is 16.7. The second kappa shape index (κ2) is 55.9. The van der Waals surface area contributed by atoms with Crippen molar-refractivity contribution in [2.24, 2.45) is 0 Å². The van der Waals surface area contributed by atoms with Gasteiger partial charge < -0.3 is 65.1 Å². The number of allylic oxidation sites excluding steroid dienone is 15. The number of unbranched alkanes of at least 4 members (excludes halogenated alkanes) is 28. The van der Waals surface area contributed by atoms with Crippen LogP contribution in [0.15, 0.2) is 97.2 Å². The molecule has 2 saturated heterocycles. The van der Waals surface area contributed by atoms with Crippen molar-refractivity contribution in [3.63, 3.8) is 0 Å². The highest BCUT2D eigenvalue weighted by molar-refractivity contribution is 5.76. The fourth-order valence-electron chi connectivity index (χ4n) is 10.8. The van der Waals surface area contributed by atoms with Gasteiger partial charge in [0.15, 0.2) is 12.6 Å². The Morgan fingerprint density at radius 2 is 0.814 bits per heavy atom. The van der Waals surface area contributed by atoms with E-state index >= 15 is 0 Å². The number of ether oxygens (including phenoxy) is 4. The molecular formula is C72H125NO13. The molecule has 0 bridgehead atoms. The summed E-state index contributed by atoms with van der Waals surface area (Å²) in [5, 5.41) is 87.2. The molecule has 0 radical (unpaired) electrons. The number of carbonyl (C=O) groups is 1. The molecule has 9 N–H and O–H groups in total. The van der Waals surface area contributed by atoms with E-state index in [1.807, 2.05) is 6.08 Å². The molecule has 2 aliphatic heterocycles. The summed E-state index contributed by atoms with van der Waals surface area (Å²) in [5.74, 6) is -0.253. The van der Waals surface area contributed by atoms with Crippen molar-refractivity contribution < 1.29 is 64.6 Å². The third kappa shape index (κ3) is 39.8. The van der Waals surface area contributed by atoms with E-state index in [1.54, 1.807) is 6.08 Å². The van der Waals surface area contributed by atoms with Gasteiger partial charge in [-0.3, -0.25) is 4.79 Å². The topological polar surface area (TPSA) is 228 Å². The Labute approximate surface area is 522 Å². The van der Waals surface area contributed by atoms with Crippen LogP contribution in [-0.2, 0) is 23.7 Å². The highest BCUT2D eigenvalue weighted by Crippen LogP contribution is 2.30. The summed E-state index contributed by atoms with van der Waals surface area (Å²) in [6.45, 7) is 2.65. The summed E-state index contributed by atoms with van der Waals surface area (Å²) >= 11 is 0. The number of hydrogen-bond acceptors (Lipinski definition) is 13. The summed E-state index contributed by atoms with van der Waals surface area (Å²) in [6, 6.07) is -0.941. The Kier molecular flexibility index (Phi) is 51.4. The van der Waals surface area contributed by atoms with Gasteiger partial charge >= 0.3 is 0 Å². The van der Waals surface area contributed by atoms with Crippen LogP contribution in [0.25, 0.3) is 0 Å². The molecule has 2 heterocycles. The first kappa shape index (κ1) is 79.0. The van der Waals surface area contributed by atoms with Crippen molar-refractivity contribution in [1.29, 1.82) is 0 Å². The molecule has 14 heteroatoms. The van der Waals surface area contributed by atoms with Crippen LogP contribution in [-0.4, -0.2) is 140 Å². The molecule has 2 fully saturated rings. The first-order valence-corrected chi connectivity index (χ1v) is 34.5. The number of aliphatic hydroxyl groups is 8. The standard InChI is InChI=1S/C72H125NO13/c1-3-5-7-9-11-13-15-17-19-20-21-22-23-24-25-26-27-28-29-30-31-32-33-34-35-36-37-38-39-40-42-44-46-48-50-52-54-56-64(77)73-60(61(76)55-53-51-49-47-45-43-41-18-16-14-12-10-8-6-4-2)59-83-71-69(82)67(80)70(63(58-75)85-71)86-72-68(81)66(79)65(78)62(57-74)84-72/h5,7,11,13,16-19,21-22,24-25,45,47,53,55,60-63,65-72,74-76,78-82H,3-4,6,8-10,12,14-15,20,23,26-44,46,48-52,54,56-59H2,1-2H3,(H,73,77)/b7-5-,13-11-,18-16+,19-17-,22-21-,25-24-,47-45+,55-53+. The van der Waals surface area contributed by atoms with Crippen LogP contribution in [0.2, 0.25) is 0 Å². The van der Waals surface area contributed by atoms with Crippen molar-refractivity contribution >= 4 is 5.91 Å². The minimum atomic E-state index is -1.79. The van der Waals surface area contributed by atoms with Crippen LogP contribution in [0.1, 0.15) is 258 Å². The molecule has 0 spiro atoms. The van der Waals surface area contributed by atoms with E-state index in [4.69, 9.17) is 18.9 Å². The molecule has 2 aliphatic rings. The van der Waals surface area contributed by atoms with Gasteiger partial charge in [0, 0.05) is 6.42 Å². The Morgan fingerprint density at radius 3 is 1.28 bits per heavy atom. The Hall–Kier alpha value is -3.09. The van der Waals surface area contributed by atoms with Crippen molar-refractivity contribution in [2.45, 2.75) is 331 Å². The Bertz CT molecular complexity index is 1810. The van der Waals surface area contributed by atoms with E-state index in [2.05, 4.69) is 104 Å². The normalized spacial score (nSPS) is 24.0. The van der Waals surface area contributed by atoms with Gasteiger partial charge in [-0.2, -0.15) is 0 Å². The largest absolute Gasteiger partial charge is 0.394 e. The van der Waals surface area contributed by atoms with E-state index < -0.39 is 86.8 Å². The lowest BCUT2D eigenvalue weighted by molar-refractivity contribution is -0.359. The lowest BCUT2D eigenvalue weighted by Gasteiger charge is -2.46. The SMILES string of the molecule is CC/C=C\C/C=C\C/C=C\C/C=C\C/C=C\CCCCCCCCCCCCCCCCCCCCCCCC(=O)NC(COC1OC(CO)C(OC2OC(CO)C(O)C(O)C2O)C(O)C1O)C(O)/C=C/CC/C=C/CC/C=C/CCCCCCC. The van der Waals surface area contributed by atoms with Gasteiger partial charge in [0.05, 0.1) is 32.0 Å². The van der Waals surface area contributed by atoms with Crippen molar-refractivity contribution in [3.8, 4) is 0 Å². The van der Waals surface area contributed by atoms with Crippen molar-refractivity contribution in [1.82, 2.24) is 5.32 Å². The van der Waals surface area contributed by atoms with Gasteiger partial charge in [-0.05, 0) is 89.9 Å². The maximum Gasteiger partial charge on any atom is 0.220 e.